The number of hydrogen-bond donors (Lipinski definition) is 1. The first-order chi connectivity index (χ1) is 12.5. The van der Waals surface area contributed by atoms with Gasteiger partial charge in [0.2, 0.25) is 0 Å². The first-order valence-electron chi connectivity index (χ1n) is 7.52. The molecule has 0 saturated carbocycles. The van der Waals surface area contributed by atoms with Crippen LogP contribution in [-0.2, 0) is 6.61 Å². The van der Waals surface area contributed by atoms with Crippen molar-refractivity contribution in [1.82, 2.24) is 4.98 Å². The Labute approximate surface area is 156 Å². The third-order valence-electron chi connectivity index (χ3n) is 3.61. The fourth-order valence-electron chi connectivity index (χ4n) is 2.38. The summed E-state index contributed by atoms with van der Waals surface area (Å²) < 4.78 is 34.4. The lowest BCUT2D eigenvalue weighted by Crippen LogP contribution is -2.05. The van der Waals surface area contributed by atoms with Crippen LogP contribution in [0.2, 0.25) is 0 Å². The summed E-state index contributed by atoms with van der Waals surface area (Å²) in [5, 5.41) is 9.04. The zero-order valence-electron chi connectivity index (χ0n) is 13.2. The average molecular weight is 420 g/mol. The third kappa shape index (κ3) is 3.72. The maximum atomic E-state index is 14.4. The van der Waals surface area contributed by atoms with Crippen molar-refractivity contribution in [2.75, 3.05) is 0 Å². The van der Waals surface area contributed by atoms with Crippen molar-refractivity contribution in [3.05, 3.63) is 82.0 Å². The van der Waals surface area contributed by atoms with Crippen LogP contribution in [0.5, 0.6) is 5.75 Å². The third-order valence-corrected chi connectivity index (χ3v) is 4.21. The van der Waals surface area contributed by atoms with Crippen molar-refractivity contribution in [3.63, 3.8) is 0 Å². The maximum Gasteiger partial charge on any atom is 0.338 e. The van der Waals surface area contributed by atoms with E-state index in [0.29, 0.717) is 0 Å². The Bertz CT molecular complexity index is 964. The minimum absolute atomic E-state index is 0.0985. The molecule has 0 amide bonds. The molecule has 0 fully saturated rings. The maximum absolute atomic E-state index is 14.4. The van der Waals surface area contributed by atoms with Crippen molar-refractivity contribution < 1.29 is 23.4 Å². The first-order valence-corrected chi connectivity index (χ1v) is 8.31. The Kier molecular flexibility index (Phi) is 5.27. The van der Waals surface area contributed by atoms with Gasteiger partial charge in [-0.1, -0.05) is 36.4 Å². The summed E-state index contributed by atoms with van der Waals surface area (Å²) in [5.74, 6) is -2.92. The van der Waals surface area contributed by atoms with E-state index in [2.05, 4.69) is 20.9 Å². The summed E-state index contributed by atoms with van der Waals surface area (Å²) >= 11 is 2.98. The molecule has 0 saturated heterocycles. The highest BCUT2D eigenvalue weighted by molar-refractivity contribution is 9.10. The van der Waals surface area contributed by atoms with E-state index >= 15 is 0 Å². The van der Waals surface area contributed by atoms with E-state index in [1.54, 1.807) is 0 Å². The van der Waals surface area contributed by atoms with Crippen LogP contribution in [0, 0.1) is 11.6 Å². The number of carboxylic acids is 1. The number of nitrogens with zero attached hydrogens (tertiary/aromatic N) is 1. The van der Waals surface area contributed by atoms with E-state index in [0.717, 1.165) is 17.7 Å². The van der Waals surface area contributed by atoms with Crippen molar-refractivity contribution >= 4 is 21.9 Å². The van der Waals surface area contributed by atoms with Crippen molar-refractivity contribution in [2.24, 2.45) is 0 Å². The molecule has 0 aliphatic carbocycles. The van der Waals surface area contributed by atoms with Crippen LogP contribution in [-0.4, -0.2) is 16.1 Å². The Hall–Kier alpha value is -2.80. The molecule has 7 heteroatoms. The van der Waals surface area contributed by atoms with E-state index in [4.69, 9.17) is 9.84 Å². The number of ether oxygens (including phenoxy) is 1. The molecule has 4 nitrogen and oxygen atoms in total. The standard InChI is InChI=1S/C19H12BrF2NO3/c20-18-12(19(24)25)9-14(22)17(23-18)16-13(21)7-4-8-15(16)26-10-11-5-2-1-3-6-11/h1-9H,10H2,(H,24,25). The molecule has 26 heavy (non-hydrogen) atoms. The van der Waals surface area contributed by atoms with Gasteiger partial charge in [0.05, 0.1) is 11.1 Å². The fraction of sp³-hybridized carbons (Fsp3) is 0.0526. The Morgan fingerprint density at radius 2 is 1.81 bits per heavy atom. The monoisotopic (exact) mass is 419 g/mol. The van der Waals surface area contributed by atoms with Gasteiger partial charge >= 0.3 is 5.97 Å². The lowest BCUT2D eigenvalue weighted by atomic mass is 10.1. The Morgan fingerprint density at radius 3 is 2.50 bits per heavy atom. The Morgan fingerprint density at radius 1 is 1.08 bits per heavy atom. The zero-order chi connectivity index (χ0) is 18.7. The van der Waals surface area contributed by atoms with Gasteiger partial charge in [-0.2, -0.15) is 0 Å². The quantitative estimate of drug-likeness (QED) is 0.586. The number of hydrogen-bond acceptors (Lipinski definition) is 3. The predicted octanol–water partition coefficient (Wildman–Crippen LogP) is 5.07. The van der Waals surface area contributed by atoms with E-state index < -0.39 is 17.6 Å². The number of aromatic nitrogens is 1. The molecule has 0 aliphatic heterocycles. The fourth-order valence-corrected chi connectivity index (χ4v) is 2.84. The summed E-state index contributed by atoms with van der Waals surface area (Å²) in [5.41, 5.74) is 0.00879. The van der Waals surface area contributed by atoms with Gasteiger partial charge in [-0.25, -0.2) is 18.6 Å². The van der Waals surface area contributed by atoms with Gasteiger partial charge in [0.1, 0.15) is 28.5 Å². The van der Waals surface area contributed by atoms with Crippen LogP contribution in [0.3, 0.4) is 0 Å². The normalized spacial score (nSPS) is 10.6. The van der Waals surface area contributed by atoms with Crippen LogP contribution in [0.15, 0.2) is 59.2 Å². The number of carboxylic acid groups (broad SMARTS) is 1. The lowest BCUT2D eigenvalue weighted by Gasteiger charge is -2.13. The summed E-state index contributed by atoms with van der Waals surface area (Å²) in [4.78, 5) is 15.0. The number of pyridine rings is 1. The summed E-state index contributed by atoms with van der Waals surface area (Å²) in [6, 6.07) is 14.1. The molecule has 2 aromatic carbocycles. The zero-order valence-corrected chi connectivity index (χ0v) is 14.8. The van der Waals surface area contributed by atoms with E-state index in [-0.39, 0.29) is 33.8 Å². The van der Waals surface area contributed by atoms with Crippen molar-refractivity contribution in [1.29, 1.82) is 0 Å². The number of benzene rings is 2. The molecule has 0 bridgehead atoms. The van der Waals surface area contributed by atoms with Gasteiger partial charge in [0, 0.05) is 0 Å². The van der Waals surface area contributed by atoms with Gasteiger partial charge in [0.15, 0.2) is 5.82 Å². The summed E-state index contributed by atoms with van der Waals surface area (Å²) in [6.45, 7) is 0.160. The second-order valence-electron chi connectivity index (χ2n) is 5.35. The Balaban J connectivity index is 2.03. The molecule has 0 atom stereocenters. The molecular formula is C19H12BrF2NO3. The minimum Gasteiger partial charge on any atom is -0.488 e. The van der Waals surface area contributed by atoms with E-state index in [9.17, 15) is 13.6 Å². The highest BCUT2D eigenvalue weighted by atomic mass is 79.9. The molecule has 3 rings (SSSR count). The van der Waals surface area contributed by atoms with Gasteiger partial charge in [-0.3, -0.25) is 0 Å². The number of rotatable bonds is 5. The van der Waals surface area contributed by atoms with Crippen LogP contribution in [0.4, 0.5) is 8.78 Å². The molecular weight excluding hydrogens is 408 g/mol. The molecule has 1 aromatic heterocycles. The second kappa shape index (κ2) is 7.61. The van der Waals surface area contributed by atoms with E-state index in [1.165, 1.54) is 12.1 Å². The molecule has 1 heterocycles. The molecule has 0 spiro atoms. The molecule has 0 aliphatic rings. The van der Waals surface area contributed by atoms with Crippen molar-refractivity contribution in [3.8, 4) is 17.0 Å². The predicted molar refractivity (Wildman–Crippen MR) is 95.0 cm³/mol. The number of halogens is 3. The topological polar surface area (TPSA) is 59.4 Å². The second-order valence-corrected chi connectivity index (χ2v) is 6.10. The number of aromatic carboxylic acids is 1. The van der Waals surface area contributed by atoms with Crippen LogP contribution in [0.1, 0.15) is 15.9 Å². The molecule has 0 radical (unpaired) electrons. The van der Waals surface area contributed by atoms with Gasteiger partial charge < -0.3 is 9.84 Å². The average Bonchev–Trinajstić information content (AvgIpc) is 2.62. The number of carbonyl (C=O) groups is 1. The first kappa shape index (κ1) is 18.0. The lowest BCUT2D eigenvalue weighted by molar-refractivity contribution is 0.0694. The molecule has 3 aromatic rings. The summed E-state index contributed by atoms with van der Waals surface area (Å²) in [7, 11) is 0. The largest absolute Gasteiger partial charge is 0.488 e. The summed E-state index contributed by atoms with van der Waals surface area (Å²) in [6.07, 6.45) is 0. The highest BCUT2D eigenvalue weighted by Crippen LogP contribution is 2.35. The SMILES string of the molecule is O=C(O)c1cc(F)c(-c2c(F)cccc2OCc2ccccc2)nc1Br. The van der Waals surface area contributed by atoms with E-state index in [1.807, 2.05) is 30.3 Å². The van der Waals surface area contributed by atoms with Gasteiger partial charge in [-0.15, -0.1) is 0 Å². The minimum atomic E-state index is -1.34. The van der Waals surface area contributed by atoms with Gasteiger partial charge in [0.25, 0.3) is 0 Å². The van der Waals surface area contributed by atoms with Gasteiger partial charge in [-0.05, 0) is 39.7 Å². The highest BCUT2D eigenvalue weighted by Gasteiger charge is 2.21. The smallest absolute Gasteiger partial charge is 0.338 e. The van der Waals surface area contributed by atoms with Crippen LogP contribution < -0.4 is 4.74 Å². The molecule has 1 N–H and O–H groups in total. The molecule has 132 valence electrons. The van der Waals surface area contributed by atoms with Crippen LogP contribution in [0.25, 0.3) is 11.3 Å². The van der Waals surface area contributed by atoms with Crippen molar-refractivity contribution in [2.45, 2.75) is 6.61 Å². The van der Waals surface area contributed by atoms with Crippen LogP contribution >= 0.6 is 15.9 Å². The molecule has 0 unspecified atom stereocenters.